The van der Waals surface area contributed by atoms with Crippen molar-refractivity contribution in [3.63, 3.8) is 0 Å². The number of halogens is 1. The molecule has 1 saturated heterocycles. The van der Waals surface area contributed by atoms with E-state index in [0.29, 0.717) is 18.8 Å². The summed E-state index contributed by atoms with van der Waals surface area (Å²) in [4.78, 5) is 24.1. The molecule has 29 heavy (non-hydrogen) atoms. The van der Waals surface area contributed by atoms with Crippen LogP contribution in [0.3, 0.4) is 0 Å². The Morgan fingerprint density at radius 3 is 2.24 bits per heavy atom. The number of ketones is 1. The number of carbonyl (C=O) groups is 2. The summed E-state index contributed by atoms with van der Waals surface area (Å²) in [6, 6.07) is 10.9. The van der Waals surface area contributed by atoms with Gasteiger partial charge in [-0.25, -0.2) is 12.8 Å². The minimum Gasteiger partial charge on any atom is -0.457 e. The number of hydrogen-bond donors (Lipinski definition) is 0. The van der Waals surface area contributed by atoms with Crippen molar-refractivity contribution < 1.29 is 31.9 Å². The maximum absolute atomic E-state index is 12.9. The Morgan fingerprint density at radius 2 is 1.62 bits per heavy atom. The minimum absolute atomic E-state index is 0.0791. The van der Waals surface area contributed by atoms with Crippen molar-refractivity contribution in [1.29, 1.82) is 0 Å². The monoisotopic (exact) mass is 421 g/mol. The van der Waals surface area contributed by atoms with Gasteiger partial charge in [-0.2, -0.15) is 4.31 Å². The van der Waals surface area contributed by atoms with Crippen LogP contribution in [0.4, 0.5) is 4.39 Å². The lowest BCUT2D eigenvalue weighted by Crippen LogP contribution is -2.40. The lowest BCUT2D eigenvalue weighted by atomic mass is 10.1. The van der Waals surface area contributed by atoms with Gasteiger partial charge < -0.3 is 9.47 Å². The van der Waals surface area contributed by atoms with Crippen LogP contribution in [0, 0.1) is 5.82 Å². The Hall–Kier alpha value is -2.62. The van der Waals surface area contributed by atoms with E-state index in [0.717, 1.165) is 0 Å². The highest BCUT2D eigenvalue weighted by Gasteiger charge is 2.26. The largest absolute Gasteiger partial charge is 0.457 e. The van der Waals surface area contributed by atoms with Crippen LogP contribution < -0.4 is 0 Å². The van der Waals surface area contributed by atoms with Gasteiger partial charge in [0.1, 0.15) is 5.82 Å². The van der Waals surface area contributed by atoms with Crippen molar-refractivity contribution in [2.75, 3.05) is 32.9 Å². The summed E-state index contributed by atoms with van der Waals surface area (Å²) in [6.07, 6.45) is -0.0791. The van der Waals surface area contributed by atoms with Gasteiger partial charge in [0.05, 0.1) is 24.5 Å². The summed E-state index contributed by atoms with van der Waals surface area (Å²) >= 11 is 0. The van der Waals surface area contributed by atoms with E-state index < -0.39 is 34.2 Å². The van der Waals surface area contributed by atoms with Crippen molar-refractivity contribution in [2.24, 2.45) is 0 Å². The summed E-state index contributed by atoms with van der Waals surface area (Å²) < 4.78 is 49.5. The van der Waals surface area contributed by atoms with E-state index in [1.807, 2.05) is 0 Å². The molecule has 1 fully saturated rings. The maximum atomic E-state index is 12.9. The van der Waals surface area contributed by atoms with Gasteiger partial charge in [-0.1, -0.05) is 12.1 Å². The van der Waals surface area contributed by atoms with Gasteiger partial charge in [0, 0.05) is 18.7 Å². The van der Waals surface area contributed by atoms with Crippen molar-refractivity contribution in [2.45, 2.75) is 11.3 Å². The van der Waals surface area contributed by atoms with E-state index >= 15 is 0 Å². The van der Waals surface area contributed by atoms with Crippen molar-refractivity contribution in [3.05, 3.63) is 65.5 Å². The molecule has 0 unspecified atom stereocenters. The fourth-order valence-electron chi connectivity index (χ4n) is 2.80. The second-order valence-corrected chi connectivity index (χ2v) is 8.37. The van der Waals surface area contributed by atoms with Crippen LogP contribution in [0.15, 0.2) is 53.4 Å². The Morgan fingerprint density at radius 1 is 1.00 bits per heavy atom. The van der Waals surface area contributed by atoms with Crippen LogP contribution >= 0.6 is 0 Å². The van der Waals surface area contributed by atoms with E-state index in [2.05, 4.69) is 0 Å². The van der Waals surface area contributed by atoms with Gasteiger partial charge in [-0.15, -0.1) is 0 Å². The lowest BCUT2D eigenvalue weighted by molar-refractivity contribution is -0.141. The molecule has 1 aliphatic rings. The van der Waals surface area contributed by atoms with Crippen LogP contribution in [0.25, 0.3) is 0 Å². The van der Waals surface area contributed by atoms with Crippen molar-refractivity contribution in [1.82, 2.24) is 4.31 Å². The summed E-state index contributed by atoms with van der Waals surface area (Å²) in [6.45, 7) is 0.799. The van der Waals surface area contributed by atoms with Crippen LogP contribution in [0.1, 0.15) is 15.9 Å². The Kier molecular flexibility index (Phi) is 6.73. The second kappa shape index (κ2) is 9.25. The number of rotatable bonds is 7. The molecule has 7 nitrogen and oxygen atoms in total. The third-order valence-corrected chi connectivity index (χ3v) is 6.32. The molecule has 0 amide bonds. The molecule has 1 heterocycles. The highest BCUT2D eigenvalue weighted by Crippen LogP contribution is 2.18. The van der Waals surface area contributed by atoms with Gasteiger partial charge in [-0.3, -0.25) is 9.59 Å². The summed E-state index contributed by atoms with van der Waals surface area (Å²) in [5.74, 6) is -1.47. The third kappa shape index (κ3) is 5.47. The fraction of sp³-hybridized carbons (Fsp3) is 0.300. The molecular weight excluding hydrogens is 401 g/mol. The maximum Gasteiger partial charge on any atom is 0.310 e. The Bertz CT molecular complexity index is 967. The quantitative estimate of drug-likeness (QED) is 0.500. The van der Waals surface area contributed by atoms with E-state index in [-0.39, 0.29) is 30.0 Å². The zero-order valence-electron chi connectivity index (χ0n) is 15.5. The molecule has 0 N–H and O–H groups in total. The molecule has 2 aromatic carbocycles. The molecule has 9 heteroatoms. The third-order valence-electron chi connectivity index (χ3n) is 4.41. The number of esters is 1. The average Bonchev–Trinajstić information content (AvgIpc) is 2.74. The highest BCUT2D eigenvalue weighted by atomic mass is 32.2. The van der Waals surface area contributed by atoms with Crippen LogP contribution in [-0.2, 0) is 30.7 Å². The van der Waals surface area contributed by atoms with Gasteiger partial charge in [0.15, 0.2) is 12.4 Å². The molecule has 0 aliphatic carbocycles. The molecule has 3 rings (SSSR count). The number of hydrogen-bond acceptors (Lipinski definition) is 6. The van der Waals surface area contributed by atoms with E-state index in [1.165, 1.54) is 52.8 Å². The first-order valence-electron chi connectivity index (χ1n) is 8.97. The molecule has 0 spiro atoms. The van der Waals surface area contributed by atoms with Gasteiger partial charge >= 0.3 is 5.97 Å². The lowest BCUT2D eigenvalue weighted by Gasteiger charge is -2.26. The van der Waals surface area contributed by atoms with Gasteiger partial charge in [-0.05, 0) is 42.0 Å². The molecule has 2 aromatic rings. The molecule has 0 bridgehead atoms. The SMILES string of the molecule is O=C(Cc1ccc(F)cc1)OCC(=O)c1ccc(S(=O)(=O)N2CCOCC2)cc1. The molecule has 0 aromatic heterocycles. The molecule has 0 atom stereocenters. The number of sulfonamides is 1. The molecular formula is C20H20FNO6S. The number of carbonyl (C=O) groups excluding carboxylic acids is 2. The number of morpholine rings is 1. The topological polar surface area (TPSA) is 90.0 Å². The zero-order valence-corrected chi connectivity index (χ0v) is 16.4. The standard InChI is InChI=1S/C20H20FNO6S/c21-17-5-1-15(2-6-17)13-20(24)28-14-19(23)16-3-7-18(8-4-16)29(25,26)22-9-11-27-12-10-22/h1-8H,9-14H2. The first-order chi connectivity index (χ1) is 13.9. The molecule has 1 aliphatic heterocycles. The summed E-state index contributed by atoms with van der Waals surface area (Å²) in [5, 5.41) is 0. The first-order valence-corrected chi connectivity index (χ1v) is 10.4. The van der Waals surface area contributed by atoms with Gasteiger partial charge in [0.25, 0.3) is 0 Å². The van der Waals surface area contributed by atoms with Crippen LogP contribution in [0.5, 0.6) is 0 Å². The molecule has 0 radical (unpaired) electrons. The van der Waals surface area contributed by atoms with Crippen LogP contribution in [0.2, 0.25) is 0 Å². The zero-order chi connectivity index (χ0) is 20.9. The number of ether oxygens (including phenoxy) is 2. The second-order valence-electron chi connectivity index (χ2n) is 6.43. The van der Waals surface area contributed by atoms with Crippen LogP contribution in [-0.4, -0.2) is 57.4 Å². The normalized spacial score (nSPS) is 15.1. The molecule has 154 valence electrons. The predicted molar refractivity (Wildman–Crippen MR) is 101 cm³/mol. The number of benzene rings is 2. The van der Waals surface area contributed by atoms with E-state index in [1.54, 1.807) is 0 Å². The smallest absolute Gasteiger partial charge is 0.310 e. The first kappa shape index (κ1) is 21.1. The van der Waals surface area contributed by atoms with E-state index in [9.17, 15) is 22.4 Å². The van der Waals surface area contributed by atoms with Crippen molar-refractivity contribution >= 4 is 21.8 Å². The fourth-order valence-corrected chi connectivity index (χ4v) is 4.21. The predicted octanol–water partition coefficient (Wildman–Crippen LogP) is 1.82. The average molecular weight is 421 g/mol. The van der Waals surface area contributed by atoms with Gasteiger partial charge in [0.2, 0.25) is 10.0 Å². The highest BCUT2D eigenvalue weighted by molar-refractivity contribution is 7.89. The number of Topliss-reactive ketones (excluding diaryl/α,β-unsaturated/α-hetero) is 1. The number of nitrogens with zero attached hydrogens (tertiary/aromatic N) is 1. The Labute approximate surface area is 168 Å². The van der Waals surface area contributed by atoms with E-state index in [4.69, 9.17) is 9.47 Å². The Balaban J connectivity index is 1.56. The molecule has 0 saturated carbocycles. The van der Waals surface area contributed by atoms with Crippen molar-refractivity contribution in [3.8, 4) is 0 Å². The summed E-state index contributed by atoms with van der Waals surface area (Å²) in [7, 11) is -3.64. The minimum atomic E-state index is -3.64. The summed E-state index contributed by atoms with van der Waals surface area (Å²) in [5.41, 5.74) is 0.807.